The predicted octanol–water partition coefficient (Wildman–Crippen LogP) is 2.81. The second kappa shape index (κ2) is 5.46. The first-order valence-electron chi connectivity index (χ1n) is 5.90. The van der Waals surface area contributed by atoms with Crippen LogP contribution in [0.4, 0.5) is 0 Å². The molecule has 2 nitrogen and oxygen atoms in total. The van der Waals surface area contributed by atoms with Crippen molar-refractivity contribution in [3.63, 3.8) is 0 Å². The van der Waals surface area contributed by atoms with Crippen molar-refractivity contribution in [1.82, 2.24) is 4.90 Å². The van der Waals surface area contributed by atoms with Crippen LogP contribution in [0, 0.1) is 0 Å². The van der Waals surface area contributed by atoms with E-state index in [-0.39, 0.29) is 5.54 Å². The van der Waals surface area contributed by atoms with Crippen molar-refractivity contribution in [3.05, 3.63) is 35.9 Å². The monoisotopic (exact) mass is 220 g/mol. The van der Waals surface area contributed by atoms with Crippen LogP contribution in [0.15, 0.2) is 30.3 Å². The van der Waals surface area contributed by atoms with Gasteiger partial charge in [-0.3, -0.25) is 0 Å². The van der Waals surface area contributed by atoms with E-state index in [9.17, 15) is 0 Å². The topological polar surface area (TPSA) is 29.3 Å². The van der Waals surface area contributed by atoms with E-state index in [1.807, 2.05) is 0 Å². The lowest BCUT2D eigenvalue weighted by Gasteiger charge is -2.28. The van der Waals surface area contributed by atoms with Gasteiger partial charge < -0.3 is 10.6 Å². The molecule has 0 saturated carbocycles. The summed E-state index contributed by atoms with van der Waals surface area (Å²) in [6.45, 7) is 4.18. The summed E-state index contributed by atoms with van der Waals surface area (Å²) in [5.74, 6) is 0. The zero-order valence-corrected chi connectivity index (χ0v) is 10.9. The molecule has 0 amide bonds. The molecule has 0 radical (unpaired) electrons. The summed E-state index contributed by atoms with van der Waals surface area (Å²) in [5.41, 5.74) is 7.34. The lowest BCUT2D eigenvalue weighted by molar-refractivity contribution is 0.261. The van der Waals surface area contributed by atoms with Crippen molar-refractivity contribution in [2.75, 3.05) is 14.1 Å². The minimum atomic E-state index is -0.0803. The maximum atomic E-state index is 6.04. The Balaban J connectivity index is 2.70. The third-order valence-electron chi connectivity index (χ3n) is 2.87. The summed E-state index contributed by atoms with van der Waals surface area (Å²) in [6.07, 6.45) is 2.13. The Labute approximate surface area is 99.5 Å². The Morgan fingerprint density at radius 3 is 2.19 bits per heavy atom. The molecule has 2 heteroatoms. The summed E-state index contributed by atoms with van der Waals surface area (Å²) in [6, 6.07) is 11.1. The molecule has 0 aliphatic heterocycles. The summed E-state index contributed by atoms with van der Waals surface area (Å²) in [5, 5.41) is 0. The van der Waals surface area contributed by atoms with Gasteiger partial charge in [0.2, 0.25) is 0 Å². The van der Waals surface area contributed by atoms with Gasteiger partial charge in [0, 0.05) is 11.6 Å². The molecule has 0 heterocycles. The van der Waals surface area contributed by atoms with Crippen molar-refractivity contribution in [2.24, 2.45) is 5.73 Å². The summed E-state index contributed by atoms with van der Waals surface area (Å²) in [7, 11) is 4.25. The molecule has 0 saturated heterocycles. The third kappa shape index (κ3) is 4.33. The highest BCUT2D eigenvalue weighted by molar-refractivity contribution is 5.18. The normalized spacial score (nSPS) is 14.1. The number of hydrogen-bond acceptors (Lipinski definition) is 2. The van der Waals surface area contributed by atoms with Gasteiger partial charge in [0.15, 0.2) is 0 Å². The molecule has 90 valence electrons. The first-order valence-corrected chi connectivity index (χ1v) is 5.90. The van der Waals surface area contributed by atoms with Crippen LogP contribution in [-0.2, 0) is 0 Å². The van der Waals surface area contributed by atoms with Crippen molar-refractivity contribution in [3.8, 4) is 0 Å². The highest BCUT2D eigenvalue weighted by atomic mass is 15.1. The maximum Gasteiger partial charge on any atom is 0.0342 e. The zero-order chi connectivity index (χ0) is 12.2. The minimum absolute atomic E-state index is 0.0803. The van der Waals surface area contributed by atoms with E-state index in [1.165, 1.54) is 5.56 Å². The van der Waals surface area contributed by atoms with Gasteiger partial charge in [0.05, 0.1) is 0 Å². The maximum absolute atomic E-state index is 6.04. The van der Waals surface area contributed by atoms with Gasteiger partial charge in [-0.2, -0.15) is 0 Å². The van der Waals surface area contributed by atoms with E-state index in [0.717, 1.165) is 12.8 Å². The average Bonchev–Trinajstić information content (AvgIpc) is 2.17. The van der Waals surface area contributed by atoms with E-state index in [4.69, 9.17) is 5.73 Å². The minimum Gasteiger partial charge on any atom is -0.326 e. The molecule has 1 unspecified atom stereocenters. The number of benzene rings is 1. The van der Waals surface area contributed by atoms with Gasteiger partial charge in [0.1, 0.15) is 0 Å². The molecule has 1 aromatic carbocycles. The fourth-order valence-corrected chi connectivity index (χ4v) is 1.91. The van der Waals surface area contributed by atoms with E-state index >= 15 is 0 Å². The van der Waals surface area contributed by atoms with Crippen molar-refractivity contribution < 1.29 is 0 Å². The average molecular weight is 220 g/mol. The molecule has 0 spiro atoms. The fourth-order valence-electron chi connectivity index (χ4n) is 1.91. The Morgan fingerprint density at radius 2 is 1.75 bits per heavy atom. The molecule has 16 heavy (non-hydrogen) atoms. The predicted molar refractivity (Wildman–Crippen MR) is 70.4 cm³/mol. The summed E-state index contributed by atoms with van der Waals surface area (Å²) in [4.78, 5) is 2.26. The number of rotatable bonds is 5. The molecule has 0 aliphatic carbocycles. The third-order valence-corrected chi connectivity index (χ3v) is 2.87. The molecule has 2 N–H and O–H groups in total. The number of nitrogens with two attached hydrogens (primary N) is 1. The lowest BCUT2D eigenvalue weighted by Crippen LogP contribution is -2.33. The van der Waals surface area contributed by atoms with Crippen molar-refractivity contribution in [2.45, 2.75) is 38.3 Å². The molecule has 1 aromatic rings. The highest BCUT2D eigenvalue weighted by Crippen LogP contribution is 2.25. The molecular weight excluding hydrogens is 196 g/mol. The Hall–Kier alpha value is -0.860. The Morgan fingerprint density at radius 1 is 1.19 bits per heavy atom. The smallest absolute Gasteiger partial charge is 0.0342 e. The van der Waals surface area contributed by atoms with Gasteiger partial charge in [-0.15, -0.1) is 0 Å². The number of nitrogens with zero attached hydrogens (tertiary/aromatic N) is 1. The van der Waals surface area contributed by atoms with E-state index in [0.29, 0.717) is 6.04 Å². The Bertz CT molecular complexity index is 298. The molecule has 1 rings (SSSR count). The molecular formula is C14H24N2. The first kappa shape index (κ1) is 13.2. The van der Waals surface area contributed by atoms with Gasteiger partial charge in [-0.1, -0.05) is 30.3 Å². The second-order valence-electron chi connectivity index (χ2n) is 5.42. The van der Waals surface area contributed by atoms with Crippen LogP contribution in [0.5, 0.6) is 0 Å². The quantitative estimate of drug-likeness (QED) is 0.826. The van der Waals surface area contributed by atoms with Crippen molar-refractivity contribution in [1.29, 1.82) is 0 Å². The first-order chi connectivity index (χ1) is 7.40. The van der Waals surface area contributed by atoms with Crippen LogP contribution < -0.4 is 5.73 Å². The fraction of sp³-hybridized carbons (Fsp3) is 0.571. The molecule has 1 atom stereocenters. The van der Waals surface area contributed by atoms with Crippen LogP contribution >= 0.6 is 0 Å². The van der Waals surface area contributed by atoms with E-state index in [2.05, 4.69) is 63.2 Å². The van der Waals surface area contributed by atoms with Gasteiger partial charge in [-0.05, 0) is 46.3 Å². The number of hydrogen-bond donors (Lipinski definition) is 1. The van der Waals surface area contributed by atoms with Crippen LogP contribution in [0.25, 0.3) is 0 Å². The summed E-state index contributed by atoms with van der Waals surface area (Å²) < 4.78 is 0. The van der Waals surface area contributed by atoms with E-state index in [1.54, 1.807) is 0 Å². The van der Waals surface area contributed by atoms with Crippen molar-refractivity contribution >= 4 is 0 Å². The zero-order valence-electron chi connectivity index (χ0n) is 10.9. The van der Waals surface area contributed by atoms with Crippen LogP contribution in [0.3, 0.4) is 0 Å². The van der Waals surface area contributed by atoms with Crippen LogP contribution in [0.2, 0.25) is 0 Å². The Kier molecular flexibility index (Phi) is 4.51. The standard InChI is InChI=1S/C14H24N2/c1-14(2,15)11-10-13(16(3)4)12-8-6-5-7-9-12/h5-9,13H,10-11,15H2,1-4H3. The lowest BCUT2D eigenvalue weighted by atomic mass is 9.93. The molecule has 0 bridgehead atoms. The highest BCUT2D eigenvalue weighted by Gasteiger charge is 2.18. The SMILES string of the molecule is CN(C)C(CCC(C)(C)N)c1ccccc1. The molecule has 0 aromatic heterocycles. The summed E-state index contributed by atoms with van der Waals surface area (Å²) >= 11 is 0. The van der Waals surface area contributed by atoms with E-state index < -0.39 is 0 Å². The largest absolute Gasteiger partial charge is 0.326 e. The van der Waals surface area contributed by atoms with Crippen LogP contribution in [0.1, 0.15) is 38.3 Å². The molecule has 0 aliphatic rings. The van der Waals surface area contributed by atoms with Crippen LogP contribution in [-0.4, -0.2) is 24.5 Å². The van der Waals surface area contributed by atoms with Gasteiger partial charge >= 0.3 is 0 Å². The second-order valence-corrected chi connectivity index (χ2v) is 5.42. The molecule has 0 fully saturated rings. The van der Waals surface area contributed by atoms with Gasteiger partial charge in [-0.25, -0.2) is 0 Å². The van der Waals surface area contributed by atoms with Gasteiger partial charge in [0.25, 0.3) is 0 Å².